The molecule has 26 heavy (non-hydrogen) atoms. The predicted molar refractivity (Wildman–Crippen MR) is 104 cm³/mol. The van der Waals surface area contributed by atoms with Crippen LogP contribution < -0.4 is 5.73 Å². The molecule has 0 heterocycles. The van der Waals surface area contributed by atoms with Gasteiger partial charge in [0.1, 0.15) is 11.9 Å². The van der Waals surface area contributed by atoms with Crippen molar-refractivity contribution in [1.29, 1.82) is 0 Å². The quantitative estimate of drug-likeness (QED) is 0.121. The third-order valence-electron chi connectivity index (χ3n) is 4.03. The van der Waals surface area contributed by atoms with E-state index >= 15 is 0 Å². The van der Waals surface area contributed by atoms with Gasteiger partial charge >= 0.3 is 0 Å². The molecule has 0 radical (unpaired) electrons. The lowest BCUT2D eigenvalue weighted by atomic mass is 10.0. The zero-order valence-corrected chi connectivity index (χ0v) is 17.7. The highest BCUT2D eigenvalue weighted by Crippen LogP contribution is 2.11. The number of carbonyl (C=O) groups is 1. The number of quaternary nitrogens is 1. The molecule has 0 aliphatic carbocycles. The van der Waals surface area contributed by atoms with Gasteiger partial charge in [-0.2, -0.15) is 0 Å². The van der Waals surface area contributed by atoms with Crippen molar-refractivity contribution in [2.45, 2.75) is 70.4 Å². The summed E-state index contributed by atoms with van der Waals surface area (Å²) in [5.41, 5.74) is 6.05. The summed E-state index contributed by atoms with van der Waals surface area (Å²) in [4.78, 5) is 11.8. The lowest BCUT2D eigenvalue weighted by Crippen LogP contribution is -2.50. The zero-order valence-electron chi connectivity index (χ0n) is 16.9. The Balaban J connectivity index is 0. The van der Waals surface area contributed by atoms with E-state index in [1.807, 2.05) is 6.08 Å². The van der Waals surface area contributed by atoms with Crippen LogP contribution in [0.25, 0.3) is 0 Å². The van der Waals surface area contributed by atoms with Crippen LogP contribution in [-0.4, -0.2) is 57.7 Å². The van der Waals surface area contributed by atoms with Crippen LogP contribution in [0.5, 0.6) is 0 Å². The van der Waals surface area contributed by atoms with E-state index in [0.29, 0.717) is 12.2 Å². The molecule has 0 aromatic rings. The van der Waals surface area contributed by atoms with Crippen LogP contribution in [0.3, 0.4) is 0 Å². The van der Waals surface area contributed by atoms with Crippen LogP contribution in [0.15, 0.2) is 12.7 Å². The van der Waals surface area contributed by atoms with Gasteiger partial charge < -0.3 is 9.04 Å². The number of nitrogens with two attached hydrogens (primary N) is 1. The van der Waals surface area contributed by atoms with Gasteiger partial charge in [0, 0.05) is 19.3 Å². The van der Waals surface area contributed by atoms with Crippen molar-refractivity contribution in [1.82, 2.24) is 0 Å². The van der Waals surface area contributed by atoms with Gasteiger partial charge in [0.05, 0.1) is 28.3 Å². The van der Waals surface area contributed by atoms with Gasteiger partial charge in [0.2, 0.25) is 10.4 Å². The second-order valence-electron chi connectivity index (χ2n) is 7.28. The molecule has 0 aliphatic rings. The molecule has 0 rings (SSSR count). The molecule has 0 fully saturated rings. The molecule has 2 N–H and O–H groups in total. The van der Waals surface area contributed by atoms with E-state index in [1.165, 1.54) is 32.1 Å². The number of unbranched alkanes of at least 4 members (excludes halogenated alkanes) is 6. The fourth-order valence-electron chi connectivity index (χ4n) is 2.14. The van der Waals surface area contributed by atoms with Crippen molar-refractivity contribution in [2.24, 2.45) is 5.73 Å². The normalized spacial score (nSPS) is 12.8. The van der Waals surface area contributed by atoms with E-state index in [-0.39, 0.29) is 6.17 Å². The van der Waals surface area contributed by atoms with E-state index in [4.69, 9.17) is 5.73 Å². The zero-order chi connectivity index (χ0) is 20.6. The summed E-state index contributed by atoms with van der Waals surface area (Å²) in [5, 5.41) is 0. The summed E-state index contributed by atoms with van der Waals surface area (Å²) in [6.07, 6.45) is 12.6. The molecule has 0 bridgehead atoms. The molecule has 7 nitrogen and oxygen atoms in total. The number of hydrogen-bond acceptors (Lipinski definition) is 6. The summed E-state index contributed by atoms with van der Waals surface area (Å²) < 4.78 is 31.7. The minimum atomic E-state index is -4.41. The van der Waals surface area contributed by atoms with Gasteiger partial charge in [-0.3, -0.25) is 14.7 Å². The Morgan fingerprint density at radius 3 is 2.00 bits per heavy atom. The van der Waals surface area contributed by atoms with E-state index in [0.717, 1.165) is 37.3 Å². The van der Waals surface area contributed by atoms with Crippen molar-refractivity contribution < 1.29 is 26.4 Å². The van der Waals surface area contributed by atoms with Crippen LogP contribution in [0.1, 0.15) is 64.2 Å². The molecule has 156 valence electrons. The molecule has 8 heteroatoms. The van der Waals surface area contributed by atoms with Crippen molar-refractivity contribution in [3.63, 3.8) is 0 Å². The van der Waals surface area contributed by atoms with Gasteiger partial charge in [-0.25, -0.2) is 8.42 Å². The molecule has 0 amide bonds. The Morgan fingerprint density at radius 1 is 1.12 bits per heavy atom. The van der Waals surface area contributed by atoms with Crippen molar-refractivity contribution in [3.8, 4) is 0 Å². The topological polar surface area (TPSA) is 110 Å². The smallest absolute Gasteiger partial charge is 0.217 e. The molecule has 1 unspecified atom stereocenters. The second-order valence-corrected chi connectivity index (χ2v) is 8.43. The lowest BCUT2D eigenvalue weighted by molar-refractivity contribution is -0.896. The van der Waals surface area contributed by atoms with E-state index in [1.54, 1.807) is 0 Å². The molecular weight excluding hydrogens is 356 g/mol. The second kappa shape index (κ2) is 15.3. The van der Waals surface area contributed by atoms with Gasteiger partial charge in [0.25, 0.3) is 0 Å². The third-order valence-corrected chi connectivity index (χ3v) is 4.44. The first-order chi connectivity index (χ1) is 11.9. The standard InChI is InChI=1S/C17H35N2O.CH4O4S/c1-5-6-7-8-9-10-11-12-13-16(20)14-15-17(18)19(2,3)4;1-5-6(2,3)4/h5,17H,1,6-15,18H2,2-4H3;1H3,(H,2,3,4)/q+1;/p-1. The molecule has 0 aromatic heterocycles. The van der Waals surface area contributed by atoms with Crippen LogP contribution in [0.4, 0.5) is 0 Å². The summed E-state index contributed by atoms with van der Waals surface area (Å²) in [5.74, 6) is 0.376. The fourth-order valence-corrected chi connectivity index (χ4v) is 2.14. The Labute approximate surface area is 160 Å². The van der Waals surface area contributed by atoms with Crippen LogP contribution in [0, 0.1) is 0 Å². The van der Waals surface area contributed by atoms with Gasteiger partial charge in [-0.05, 0) is 19.3 Å². The largest absolute Gasteiger partial charge is 0.726 e. The number of Topliss-reactive ketones (excluding diaryl/α,β-unsaturated/α-hetero) is 1. The third kappa shape index (κ3) is 21.2. The first-order valence-electron chi connectivity index (χ1n) is 9.14. The average Bonchev–Trinajstić information content (AvgIpc) is 2.54. The van der Waals surface area contributed by atoms with Gasteiger partial charge in [0.15, 0.2) is 0 Å². The maximum atomic E-state index is 11.8. The lowest BCUT2D eigenvalue weighted by Gasteiger charge is -2.30. The summed E-state index contributed by atoms with van der Waals surface area (Å²) >= 11 is 0. The SMILES string of the molecule is C=CCCCCCCCCC(=O)CCC(N)[N+](C)(C)C.COS(=O)(=O)[O-]. The van der Waals surface area contributed by atoms with E-state index in [9.17, 15) is 17.8 Å². The first kappa shape index (κ1) is 27.4. The highest BCUT2D eigenvalue weighted by Gasteiger charge is 2.19. The molecule has 0 spiro atoms. The molecule has 0 aliphatic heterocycles. The summed E-state index contributed by atoms with van der Waals surface area (Å²) in [6, 6.07) is 0. The van der Waals surface area contributed by atoms with Crippen molar-refractivity contribution in [2.75, 3.05) is 28.3 Å². The molecule has 0 saturated carbocycles. The first-order valence-corrected chi connectivity index (χ1v) is 10.5. The highest BCUT2D eigenvalue weighted by atomic mass is 32.3. The Kier molecular flexibility index (Phi) is 16.1. The highest BCUT2D eigenvalue weighted by molar-refractivity contribution is 7.80. The van der Waals surface area contributed by atoms with E-state index in [2.05, 4.69) is 31.9 Å². The number of rotatable bonds is 14. The number of ketones is 1. The minimum absolute atomic E-state index is 0.0591. The van der Waals surface area contributed by atoms with Crippen molar-refractivity contribution in [3.05, 3.63) is 12.7 Å². The number of carbonyl (C=O) groups excluding carboxylic acids is 1. The summed E-state index contributed by atoms with van der Waals surface area (Å²) in [6.45, 7) is 3.72. The fraction of sp³-hybridized carbons (Fsp3) is 0.833. The average molecular weight is 395 g/mol. The Hall–Kier alpha value is -0.800. The van der Waals surface area contributed by atoms with E-state index < -0.39 is 10.4 Å². The maximum Gasteiger partial charge on any atom is 0.217 e. The van der Waals surface area contributed by atoms with Crippen molar-refractivity contribution >= 4 is 16.2 Å². The van der Waals surface area contributed by atoms with Gasteiger partial charge in [-0.1, -0.05) is 31.8 Å². The van der Waals surface area contributed by atoms with Crippen LogP contribution >= 0.6 is 0 Å². The minimum Gasteiger partial charge on any atom is -0.726 e. The van der Waals surface area contributed by atoms with Crippen LogP contribution in [-0.2, 0) is 19.4 Å². The van der Waals surface area contributed by atoms with Crippen LogP contribution in [0.2, 0.25) is 0 Å². The number of allylic oxidation sites excluding steroid dienone is 1. The molecule has 0 aromatic carbocycles. The Morgan fingerprint density at radius 2 is 1.58 bits per heavy atom. The monoisotopic (exact) mass is 394 g/mol. The molecule has 1 atom stereocenters. The number of nitrogens with zero attached hydrogens (tertiary/aromatic N) is 1. The molecule has 0 saturated heterocycles. The predicted octanol–water partition coefficient (Wildman–Crippen LogP) is 2.73. The van der Waals surface area contributed by atoms with Gasteiger partial charge in [-0.15, -0.1) is 6.58 Å². The number of hydrogen-bond donors (Lipinski definition) is 1. The summed E-state index contributed by atoms with van der Waals surface area (Å²) in [7, 11) is 2.61. The molecular formula is C18H38N2O5S. The maximum absolute atomic E-state index is 11.8. The Bertz CT molecular complexity index is 472.